The van der Waals surface area contributed by atoms with Crippen molar-refractivity contribution in [1.29, 1.82) is 0 Å². The molecular weight excluding hydrogens is 374 g/mol. The standard InChI is InChI=1S/C25H31N3O2/c1-18-7-6-9-21(15-18)23-16-24(20-10-12-22(30-3)13-11-20)28(26-23)25(29)17-27-14-5-4-8-19(27)2/h6-7,9-13,15,19,24H,4-5,8,14,16-17H2,1-3H3. The molecule has 0 N–H and O–H groups in total. The van der Waals surface area contributed by atoms with E-state index in [0.29, 0.717) is 12.6 Å². The van der Waals surface area contributed by atoms with Crippen LogP contribution in [0.25, 0.3) is 0 Å². The van der Waals surface area contributed by atoms with Gasteiger partial charge in [0, 0.05) is 12.5 Å². The van der Waals surface area contributed by atoms with Gasteiger partial charge in [0.1, 0.15) is 5.75 Å². The Hall–Kier alpha value is -2.66. The highest BCUT2D eigenvalue weighted by molar-refractivity contribution is 6.03. The predicted molar refractivity (Wildman–Crippen MR) is 120 cm³/mol. The number of hydrogen-bond donors (Lipinski definition) is 0. The Labute approximate surface area is 179 Å². The number of methoxy groups -OCH3 is 1. The molecule has 2 unspecified atom stereocenters. The number of benzene rings is 2. The van der Waals surface area contributed by atoms with Crippen molar-refractivity contribution in [3.05, 3.63) is 65.2 Å². The summed E-state index contributed by atoms with van der Waals surface area (Å²) in [6.45, 7) is 5.72. The van der Waals surface area contributed by atoms with Crippen LogP contribution in [-0.2, 0) is 4.79 Å². The molecule has 0 bridgehead atoms. The average Bonchev–Trinajstić information content (AvgIpc) is 3.21. The number of carbonyl (C=O) groups is 1. The Kier molecular flexibility index (Phi) is 6.18. The molecule has 2 aromatic rings. The monoisotopic (exact) mass is 405 g/mol. The van der Waals surface area contributed by atoms with Crippen molar-refractivity contribution in [2.24, 2.45) is 5.10 Å². The summed E-state index contributed by atoms with van der Waals surface area (Å²) in [4.78, 5) is 15.7. The Bertz CT molecular complexity index is 922. The molecule has 0 aliphatic carbocycles. The van der Waals surface area contributed by atoms with Crippen LogP contribution in [0.15, 0.2) is 53.6 Å². The van der Waals surface area contributed by atoms with Crippen LogP contribution in [0.5, 0.6) is 5.75 Å². The van der Waals surface area contributed by atoms with E-state index >= 15 is 0 Å². The van der Waals surface area contributed by atoms with Crippen molar-refractivity contribution >= 4 is 11.6 Å². The topological polar surface area (TPSA) is 45.1 Å². The van der Waals surface area contributed by atoms with Gasteiger partial charge < -0.3 is 4.74 Å². The molecule has 0 spiro atoms. The molecule has 30 heavy (non-hydrogen) atoms. The van der Waals surface area contributed by atoms with E-state index in [-0.39, 0.29) is 11.9 Å². The van der Waals surface area contributed by atoms with E-state index in [1.165, 1.54) is 12.0 Å². The van der Waals surface area contributed by atoms with E-state index in [2.05, 4.69) is 43.0 Å². The lowest BCUT2D eigenvalue weighted by atomic mass is 9.97. The summed E-state index contributed by atoms with van der Waals surface area (Å²) in [7, 11) is 1.67. The van der Waals surface area contributed by atoms with Gasteiger partial charge in [-0.05, 0) is 56.5 Å². The van der Waals surface area contributed by atoms with Crippen molar-refractivity contribution in [1.82, 2.24) is 9.91 Å². The minimum Gasteiger partial charge on any atom is -0.497 e. The number of rotatable bonds is 5. The summed E-state index contributed by atoms with van der Waals surface area (Å²) in [5.74, 6) is 0.892. The molecule has 5 nitrogen and oxygen atoms in total. The maximum absolute atomic E-state index is 13.4. The Balaban J connectivity index is 1.61. The molecule has 2 aliphatic rings. The van der Waals surface area contributed by atoms with E-state index in [0.717, 1.165) is 48.4 Å². The molecule has 0 saturated carbocycles. The molecule has 4 rings (SSSR count). The number of likely N-dealkylation sites (tertiary alicyclic amines) is 1. The highest BCUT2D eigenvalue weighted by Gasteiger charge is 2.34. The van der Waals surface area contributed by atoms with Crippen molar-refractivity contribution in [3.63, 3.8) is 0 Å². The SMILES string of the molecule is COc1ccc(C2CC(c3cccc(C)c3)=NN2C(=O)CN2CCCCC2C)cc1. The summed E-state index contributed by atoms with van der Waals surface area (Å²) >= 11 is 0. The third-order valence-electron chi connectivity index (χ3n) is 6.30. The molecule has 0 aromatic heterocycles. The Morgan fingerprint density at radius 2 is 1.97 bits per heavy atom. The molecule has 2 atom stereocenters. The van der Waals surface area contributed by atoms with E-state index in [4.69, 9.17) is 9.84 Å². The maximum atomic E-state index is 13.4. The number of nitrogens with zero attached hydrogens (tertiary/aromatic N) is 3. The lowest BCUT2D eigenvalue weighted by Crippen LogP contribution is -2.44. The molecule has 0 radical (unpaired) electrons. The summed E-state index contributed by atoms with van der Waals surface area (Å²) in [6.07, 6.45) is 4.29. The smallest absolute Gasteiger partial charge is 0.257 e. The van der Waals surface area contributed by atoms with Crippen LogP contribution in [0.3, 0.4) is 0 Å². The minimum atomic E-state index is -0.0842. The number of hydrogen-bond acceptors (Lipinski definition) is 4. The lowest BCUT2D eigenvalue weighted by molar-refractivity contribution is -0.135. The van der Waals surface area contributed by atoms with Crippen LogP contribution >= 0.6 is 0 Å². The first-order chi connectivity index (χ1) is 14.5. The number of piperidine rings is 1. The summed E-state index contributed by atoms with van der Waals surface area (Å²) in [6, 6.07) is 16.7. The van der Waals surface area contributed by atoms with Gasteiger partial charge in [-0.1, -0.05) is 48.4 Å². The second-order valence-electron chi connectivity index (χ2n) is 8.46. The van der Waals surface area contributed by atoms with Crippen molar-refractivity contribution in [3.8, 4) is 5.75 Å². The molecular formula is C25H31N3O2. The van der Waals surface area contributed by atoms with E-state index < -0.39 is 0 Å². The molecule has 158 valence electrons. The van der Waals surface area contributed by atoms with Crippen LogP contribution < -0.4 is 4.74 Å². The fraction of sp³-hybridized carbons (Fsp3) is 0.440. The third kappa shape index (κ3) is 4.41. The second-order valence-corrected chi connectivity index (χ2v) is 8.46. The summed E-state index contributed by atoms with van der Waals surface area (Å²) in [5.41, 5.74) is 4.35. The number of aryl methyl sites for hydroxylation is 1. The van der Waals surface area contributed by atoms with Gasteiger partial charge >= 0.3 is 0 Å². The minimum absolute atomic E-state index is 0.0761. The van der Waals surface area contributed by atoms with Gasteiger partial charge in [-0.2, -0.15) is 5.10 Å². The Morgan fingerprint density at radius 1 is 1.17 bits per heavy atom. The number of ether oxygens (including phenoxy) is 1. The summed E-state index contributed by atoms with van der Waals surface area (Å²) in [5, 5.41) is 6.56. The number of amides is 1. The molecule has 2 heterocycles. The quantitative estimate of drug-likeness (QED) is 0.733. The maximum Gasteiger partial charge on any atom is 0.257 e. The first-order valence-electron chi connectivity index (χ1n) is 10.9. The third-order valence-corrected chi connectivity index (χ3v) is 6.30. The fourth-order valence-electron chi connectivity index (χ4n) is 4.46. The van der Waals surface area contributed by atoms with Gasteiger partial charge in [0.05, 0.1) is 25.4 Å². The van der Waals surface area contributed by atoms with E-state index in [1.54, 1.807) is 12.1 Å². The van der Waals surface area contributed by atoms with Gasteiger partial charge in [0.25, 0.3) is 5.91 Å². The first kappa shape index (κ1) is 20.6. The zero-order chi connectivity index (χ0) is 21.1. The highest BCUT2D eigenvalue weighted by atomic mass is 16.5. The van der Waals surface area contributed by atoms with Gasteiger partial charge in [-0.3, -0.25) is 9.69 Å². The molecule has 1 fully saturated rings. The normalized spacial score (nSPS) is 22.1. The van der Waals surface area contributed by atoms with Crippen molar-refractivity contribution < 1.29 is 9.53 Å². The van der Waals surface area contributed by atoms with Crippen LogP contribution in [0, 0.1) is 6.92 Å². The fourth-order valence-corrected chi connectivity index (χ4v) is 4.46. The zero-order valence-corrected chi connectivity index (χ0v) is 18.2. The van der Waals surface area contributed by atoms with Crippen molar-refractivity contribution in [2.45, 2.75) is 51.6 Å². The van der Waals surface area contributed by atoms with Crippen LogP contribution in [0.2, 0.25) is 0 Å². The van der Waals surface area contributed by atoms with Gasteiger partial charge in [-0.15, -0.1) is 0 Å². The number of hydrazone groups is 1. The van der Waals surface area contributed by atoms with Crippen LogP contribution in [0.1, 0.15) is 55.3 Å². The molecule has 1 amide bonds. The number of carbonyl (C=O) groups excluding carboxylic acids is 1. The largest absolute Gasteiger partial charge is 0.497 e. The van der Waals surface area contributed by atoms with Gasteiger partial charge in [0.15, 0.2) is 0 Å². The molecule has 2 aromatic carbocycles. The Morgan fingerprint density at radius 3 is 2.67 bits per heavy atom. The summed E-state index contributed by atoms with van der Waals surface area (Å²) < 4.78 is 5.31. The lowest BCUT2D eigenvalue weighted by Gasteiger charge is -2.34. The molecule has 5 heteroatoms. The van der Waals surface area contributed by atoms with Crippen LogP contribution in [0.4, 0.5) is 0 Å². The zero-order valence-electron chi connectivity index (χ0n) is 18.2. The van der Waals surface area contributed by atoms with Crippen molar-refractivity contribution in [2.75, 3.05) is 20.2 Å². The average molecular weight is 406 g/mol. The van der Waals surface area contributed by atoms with Gasteiger partial charge in [0.2, 0.25) is 0 Å². The second kappa shape index (κ2) is 9.00. The van der Waals surface area contributed by atoms with Gasteiger partial charge in [-0.25, -0.2) is 5.01 Å². The van der Waals surface area contributed by atoms with E-state index in [1.807, 2.05) is 24.3 Å². The van der Waals surface area contributed by atoms with E-state index in [9.17, 15) is 4.79 Å². The van der Waals surface area contributed by atoms with Crippen LogP contribution in [-0.4, -0.2) is 47.8 Å². The molecule has 1 saturated heterocycles. The first-order valence-corrected chi connectivity index (χ1v) is 10.9. The predicted octanol–water partition coefficient (Wildman–Crippen LogP) is 4.56. The highest BCUT2D eigenvalue weighted by Crippen LogP contribution is 2.34. The molecule has 2 aliphatic heterocycles.